The average molecular weight is 241 g/mol. The second-order valence-electron chi connectivity index (χ2n) is 2.06. The van der Waals surface area contributed by atoms with Crippen LogP contribution in [0.15, 0.2) is 23.8 Å². The summed E-state index contributed by atoms with van der Waals surface area (Å²) in [5.41, 5.74) is 1.33. The van der Waals surface area contributed by atoms with Gasteiger partial charge in [0.15, 0.2) is 0 Å². The molecule has 0 radical (unpaired) electrons. The summed E-state index contributed by atoms with van der Waals surface area (Å²) in [4.78, 5) is 0. The zero-order chi connectivity index (χ0) is 6.85. The van der Waals surface area contributed by atoms with E-state index in [1.54, 1.807) is 0 Å². The quantitative estimate of drug-likeness (QED) is 0.661. The van der Waals surface area contributed by atoms with Gasteiger partial charge in [-0.25, -0.2) is 0 Å². The molecule has 0 saturated heterocycles. The monoisotopic (exact) mass is 239 g/mol. The fourth-order valence-electron chi connectivity index (χ4n) is 0.819. The van der Waals surface area contributed by atoms with Gasteiger partial charge in [0.2, 0.25) is 0 Å². The standard InChI is InChI=1S/C6H7.2ClH.Zr/c1-6-4-2-3-5-6;;;/h2-5H,1H3;2*1H;/q;;;+2/p-2. The summed E-state index contributed by atoms with van der Waals surface area (Å²) in [6, 6.07) is 0. The molecule has 0 spiro atoms. The predicted octanol–water partition coefficient (Wildman–Crippen LogP) is 3.22. The van der Waals surface area contributed by atoms with Crippen molar-refractivity contribution >= 4 is 17.0 Å². The SMILES string of the molecule is CC1=CC=C[CH]1[Zr]([Cl])[Cl]. The molecule has 1 rings (SSSR count). The molecule has 9 heavy (non-hydrogen) atoms. The molecule has 49 valence electrons. The summed E-state index contributed by atoms with van der Waals surface area (Å²) in [6.07, 6.45) is 6.21. The first-order valence-electron chi connectivity index (χ1n) is 2.74. The molecule has 1 atom stereocenters. The van der Waals surface area contributed by atoms with Crippen molar-refractivity contribution in [1.29, 1.82) is 0 Å². The topological polar surface area (TPSA) is 0 Å². The van der Waals surface area contributed by atoms with Gasteiger partial charge in [-0.2, -0.15) is 0 Å². The van der Waals surface area contributed by atoms with E-state index in [0.717, 1.165) is 0 Å². The van der Waals surface area contributed by atoms with Gasteiger partial charge in [-0.15, -0.1) is 0 Å². The van der Waals surface area contributed by atoms with Crippen molar-refractivity contribution in [3.63, 3.8) is 0 Å². The Morgan fingerprint density at radius 1 is 1.56 bits per heavy atom. The third kappa shape index (κ3) is 1.93. The van der Waals surface area contributed by atoms with E-state index in [0.29, 0.717) is 3.63 Å². The second-order valence-corrected chi connectivity index (χ2v) is 11.0. The molecule has 1 aliphatic rings. The van der Waals surface area contributed by atoms with Gasteiger partial charge < -0.3 is 0 Å². The fraction of sp³-hybridized carbons (Fsp3) is 0.333. The fourth-order valence-corrected chi connectivity index (χ4v) is 5.43. The van der Waals surface area contributed by atoms with Crippen LogP contribution in [0, 0.1) is 0 Å². The van der Waals surface area contributed by atoms with Crippen molar-refractivity contribution in [2.75, 3.05) is 0 Å². The molecule has 0 aromatic rings. The first kappa shape index (κ1) is 8.04. The Morgan fingerprint density at radius 3 is 2.44 bits per heavy atom. The molecule has 0 aromatic heterocycles. The van der Waals surface area contributed by atoms with Crippen LogP contribution in [0.5, 0.6) is 0 Å². The molecule has 0 aromatic carbocycles. The van der Waals surface area contributed by atoms with Gasteiger partial charge in [0, 0.05) is 0 Å². The van der Waals surface area contributed by atoms with Crippen LogP contribution in [-0.4, -0.2) is 0 Å². The van der Waals surface area contributed by atoms with E-state index in [-0.39, 0.29) is 0 Å². The molecule has 0 amide bonds. The molecule has 1 aliphatic carbocycles. The normalized spacial score (nSPS) is 24.3. The van der Waals surface area contributed by atoms with Crippen molar-refractivity contribution in [2.24, 2.45) is 0 Å². The van der Waals surface area contributed by atoms with Gasteiger partial charge in [-0.3, -0.25) is 0 Å². The number of halogens is 2. The molecular weight excluding hydrogens is 234 g/mol. The third-order valence-electron chi connectivity index (χ3n) is 1.39. The van der Waals surface area contributed by atoms with Crippen LogP contribution in [-0.2, 0) is 19.4 Å². The van der Waals surface area contributed by atoms with Crippen LogP contribution >= 0.6 is 17.0 Å². The zero-order valence-electron chi connectivity index (χ0n) is 5.07. The van der Waals surface area contributed by atoms with Crippen LogP contribution in [0.2, 0.25) is 3.63 Å². The second kappa shape index (κ2) is 3.37. The average Bonchev–Trinajstić information content (AvgIpc) is 2.13. The van der Waals surface area contributed by atoms with Crippen molar-refractivity contribution < 1.29 is 19.4 Å². The molecule has 0 saturated carbocycles. The van der Waals surface area contributed by atoms with E-state index in [2.05, 4.69) is 19.1 Å². The molecule has 0 heterocycles. The number of rotatable bonds is 1. The van der Waals surface area contributed by atoms with E-state index in [4.69, 9.17) is 17.0 Å². The minimum absolute atomic E-state index is 0.440. The summed E-state index contributed by atoms with van der Waals surface area (Å²) in [5, 5.41) is 0. The van der Waals surface area contributed by atoms with Crippen LogP contribution in [0.25, 0.3) is 0 Å². The van der Waals surface area contributed by atoms with Gasteiger partial charge in [-0.1, -0.05) is 0 Å². The maximum atomic E-state index is 5.85. The predicted molar refractivity (Wildman–Crippen MR) is 38.4 cm³/mol. The number of hydrogen-bond donors (Lipinski definition) is 0. The Hall–Kier alpha value is 0.943. The van der Waals surface area contributed by atoms with Crippen LogP contribution in [0.4, 0.5) is 0 Å². The van der Waals surface area contributed by atoms with Gasteiger partial charge in [-0.05, 0) is 0 Å². The van der Waals surface area contributed by atoms with Crippen LogP contribution in [0.3, 0.4) is 0 Å². The molecule has 0 nitrogen and oxygen atoms in total. The third-order valence-corrected chi connectivity index (χ3v) is 6.92. The van der Waals surface area contributed by atoms with Crippen molar-refractivity contribution in [1.82, 2.24) is 0 Å². The summed E-state index contributed by atoms with van der Waals surface area (Å²) >= 11 is -1.99. The minimum atomic E-state index is -1.99. The molecule has 3 heteroatoms. The van der Waals surface area contributed by atoms with E-state index >= 15 is 0 Å². The van der Waals surface area contributed by atoms with E-state index in [1.807, 2.05) is 6.08 Å². The molecule has 0 fully saturated rings. The summed E-state index contributed by atoms with van der Waals surface area (Å²) < 4.78 is 0.440. The maximum absolute atomic E-state index is 5.85. The first-order valence-corrected chi connectivity index (χ1v) is 10.5. The molecule has 0 aliphatic heterocycles. The number of allylic oxidation sites excluding steroid dienone is 4. The van der Waals surface area contributed by atoms with Crippen LogP contribution < -0.4 is 0 Å². The molecular formula is C6H7Cl2Zr. The van der Waals surface area contributed by atoms with Crippen LogP contribution in [0.1, 0.15) is 6.92 Å². The summed E-state index contributed by atoms with van der Waals surface area (Å²) in [6.45, 7) is 2.08. The molecule has 1 unspecified atom stereocenters. The van der Waals surface area contributed by atoms with E-state index in [9.17, 15) is 0 Å². The summed E-state index contributed by atoms with van der Waals surface area (Å²) in [5.74, 6) is 0. The van der Waals surface area contributed by atoms with Gasteiger partial charge in [0.05, 0.1) is 0 Å². The van der Waals surface area contributed by atoms with E-state index < -0.39 is 19.4 Å². The Balaban J connectivity index is 2.63. The van der Waals surface area contributed by atoms with Crippen molar-refractivity contribution in [3.8, 4) is 0 Å². The Morgan fingerprint density at radius 2 is 2.22 bits per heavy atom. The van der Waals surface area contributed by atoms with Gasteiger partial charge in [0.25, 0.3) is 0 Å². The Labute approximate surface area is 70.3 Å². The summed E-state index contributed by atoms with van der Waals surface area (Å²) in [7, 11) is 11.7. The van der Waals surface area contributed by atoms with Gasteiger partial charge >= 0.3 is 70.7 Å². The van der Waals surface area contributed by atoms with Crippen molar-refractivity contribution in [3.05, 3.63) is 23.8 Å². The molecule has 0 N–H and O–H groups in total. The van der Waals surface area contributed by atoms with E-state index in [1.165, 1.54) is 5.57 Å². The first-order chi connectivity index (χ1) is 4.22. The Kier molecular flexibility index (Phi) is 3.01. The Bertz CT molecular complexity index is 160. The van der Waals surface area contributed by atoms with Crippen molar-refractivity contribution in [2.45, 2.75) is 10.5 Å². The number of hydrogen-bond acceptors (Lipinski definition) is 0. The zero-order valence-corrected chi connectivity index (χ0v) is 9.04. The molecule has 0 bridgehead atoms. The van der Waals surface area contributed by atoms with Gasteiger partial charge in [0.1, 0.15) is 0 Å².